The van der Waals surface area contributed by atoms with Crippen molar-refractivity contribution in [1.29, 1.82) is 0 Å². The molecule has 7 nitrogen and oxygen atoms in total. The summed E-state index contributed by atoms with van der Waals surface area (Å²) in [5.41, 5.74) is 4.97. The standard InChI is InChI=1S/C11H19N3O4/c12-9(15)4-5-13-11(18)14-6-2-1-3-8(14)7-10(16)17/h8H,1-7H2,(H2,12,15)(H,13,18)(H,16,17). The Labute approximate surface area is 105 Å². The second-order valence-corrected chi connectivity index (χ2v) is 4.39. The van der Waals surface area contributed by atoms with Crippen molar-refractivity contribution < 1.29 is 19.5 Å². The first-order chi connectivity index (χ1) is 8.50. The highest BCUT2D eigenvalue weighted by Gasteiger charge is 2.28. The molecule has 0 aliphatic carbocycles. The third-order valence-electron chi connectivity index (χ3n) is 2.95. The number of carbonyl (C=O) groups is 3. The normalized spacial score (nSPS) is 19.3. The van der Waals surface area contributed by atoms with E-state index in [2.05, 4.69) is 5.32 Å². The molecule has 0 aromatic heterocycles. The van der Waals surface area contributed by atoms with Gasteiger partial charge < -0.3 is 21.1 Å². The number of nitrogens with one attached hydrogen (secondary N) is 1. The number of amides is 3. The predicted octanol–water partition coefficient (Wildman–Crippen LogP) is -0.0994. The molecule has 1 aliphatic heterocycles. The molecule has 18 heavy (non-hydrogen) atoms. The van der Waals surface area contributed by atoms with Gasteiger partial charge in [-0.2, -0.15) is 0 Å². The Kier molecular flexibility index (Phi) is 5.41. The highest BCUT2D eigenvalue weighted by atomic mass is 16.4. The first-order valence-electron chi connectivity index (χ1n) is 6.05. The summed E-state index contributed by atoms with van der Waals surface area (Å²) in [6, 6.07) is -0.577. The van der Waals surface area contributed by atoms with Gasteiger partial charge in [0.1, 0.15) is 0 Å². The smallest absolute Gasteiger partial charge is 0.317 e. The molecular formula is C11H19N3O4. The number of nitrogens with two attached hydrogens (primary N) is 1. The zero-order valence-electron chi connectivity index (χ0n) is 10.2. The Morgan fingerprint density at radius 1 is 1.33 bits per heavy atom. The van der Waals surface area contributed by atoms with Gasteiger partial charge in [-0.05, 0) is 19.3 Å². The van der Waals surface area contributed by atoms with Crippen LogP contribution in [0.5, 0.6) is 0 Å². The van der Waals surface area contributed by atoms with Gasteiger partial charge >= 0.3 is 12.0 Å². The molecule has 1 saturated heterocycles. The lowest BCUT2D eigenvalue weighted by atomic mass is 10.00. The molecule has 1 unspecified atom stereocenters. The SMILES string of the molecule is NC(=O)CCNC(=O)N1CCCCC1CC(=O)O. The number of aliphatic carboxylic acids is 1. The van der Waals surface area contributed by atoms with Crippen LogP contribution in [0.3, 0.4) is 0 Å². The molecule has 1 aliphatic rings. The van der Waals surface area contributed by atoms with E-state index in [1.807, 2.05) is 0 Å². The summed E-state index contributed by atoms with van der Waals surface area (Å²) < 4.78 is 0. The molecular weight excluding hydrogens is 238 g/mol. The number of hydrogen-bond donors (Lipinski definition) is 3. The first kappa shape index (κ1) is 14.3. The van der Waals surface area contributed by atoms with Crippen LogP contribution in [0.2, 0.25) is 0 Å². The Morgan fingerprint density at radius 2 is 2.06 bits per heavy atom. The van der Waals surface area contributed by atoms with Gasteiger partial charge in [-0.1, -0.05) is 0 Å². The maximum Gasteiger partial charge on any atom is 0.317 e. The summed E-state index contributed by atoms with van der Waals surface area (Å²) in [4.78, 5) is 34.6. The molecule has 1 rings (SSSR count). The van der Waals surface area contributed by atoms with Crippen molar-refractivity contribution in [1.82, 2.24) is 10.2 Å². The van der Waals surface area contributed by atoms with E-state index in [0.29, 0.717) is 13.0 Å². The number of carbonyl (C=O) groups excluding carboxylic acids is 2. The minimum absolute atomic E-state index is 0.0385. The fraction of sp³-hybridized carbons (Fsp3) is 0.727. The molecule has 1 fully saturated rings. The van der Waals surface area contributed by atoms with Crippen molar-refractivity contribution in [3.63, 3.8) is 0 Å². The summed E-state index contributed by atoms with van der Waals surface area (Å²) in [5.74, 6) is -1.38. The van der Waals surface area contributed by atoms with Crippen molar-refractivity contribution in [2.45, 2.75) is 38.1 Å². The molecule has 0 bridgehead atoms. The molecule has 102 valence electrons. The number of carboxylic acid groups (broad SMARTS) is 1. The highest BCUT2D eigenvalue weighted by Crippen LogP contribution is 2.19. The minimum atomic E-state index is -0.906. The molecule has 7 heteroatoms. The molecule has 0 radical (unpaired) electrons. The average molecular weight is 257 g/mol. The molecule has 0 aromatic carbocycles. The maximum absolute atomic E-state index is 11.8. The number of rotatable bonds is 5. The maximum atomic E-state index is 11.8. The van der Waals surface area contributed by atoms with Gasteiger partial charge in [-0.3, -0.25) is 9.59 Å². The predicted molar refractivity (Wildman–Crippen MR) is 63.8 cm³/mol. The second kappa shape index (κ2) is 6.83. The van der Waals surface area contributed by atoms with Gasteiger partial charge in [-0.25, -0.2) is 4.79 Å². The number of carboxylic acids is 1. The number of likely N-dealkylation sites (tertiary alicyclic amines) is 1. The van der Waals surface area contributed by atoms with Gasteiger partial charge in [0.05, 0.1) is 6.42 Å². The highest BCUT2D eigenvalue weighted by molar-refractivity contribution is 5.78. The fourth-order valence-corrected chi connectivity index (χ4v) is 2.08. The van der Waals surface area contributed by atoms with E-state index in [9.17, 15) is 14.4 Å². The molecule has 3 amide bonds. The molecule has 1 atom stereocenters. The monoisotopic (exact) mass is 257 g/mol. The van der Waals surface area contributed by atoms with Crippen LogP contribution in [0.1, 0.15) is 32.1 Å². The lowest BCUT2D eigenvalue weighted by molar-refractivity contribution is -0.138. The largest absolute Gasteiger partial charge is 0.481 e. The zero-order chi connectivity index (χ0) is 13.5. The second-order valence-electron chi connectivity index (χ2n) is 4.39. The Bertz CT molecular complexity index is 332. The Balaban J connectivity index is 2.46. The quantitative estimate of drug-likeness (QED) is 0.638. The number of piperidine rings is 1. The lowest BCUT2D eigenvalue weighted by Crippen LogP contribution is -2.49. The van der Waals surface area contributed by atoms with E-state index in [4.69, 9.17) is 10.8 Å². The van der Waals surface area contributed by atoms with E-state index in [1.54, 1.807) is 4.90 Å². The van der Waals surface area contributed by atoms with Crippen LogP contribution < -0.4 is 11.1 Å². The van der Waals surface area contributed by atoms with Crippen molar-refractivity contribution in [2.75, 3.05) is 13.1 Å². The fourth-order valence-electron chi connectivity index (χ4n) is 2.08. The Morgan fingerprint density at radius 3 is 2.67 bits per heavy atom. The van der Waals surface area contributed by atoms with Gasteiger partial charge in [0.2, 0.25) is 5.91 Å². The van der Waals surface area contributed by atoms with E-state index >= 15 is 0 Å². The zero-order valence-corrected chi connectivity index (χ0v) is 10.2. The number of hydrogen-bond acceptors (Lipinski definition) is 3. The van der Waals surface area contributed by atoms with E-state index in [1.165, 1.54) is 0 Å². The summed E-state index contributed by atoms with van der Waals surface area (Å²) in [5, 5.41) is 11.4. The number of primary amides is 1. The van der Waals surface area contributed by atoms with Crippen molar-refractivity contribution in [2.24, 2.45) is 5.73 Å². The van der Waals surface area contributed by atoms with Crippen LogP contribution in [-0.4, -0.2) is 47.0 Å². The van der Waals surface area contributed by atoms with Crippen LogP contribution in [0.4, 0.5) is 4.79 Å². The molecule has 0 saturated carbocycles. The molecule has 0 spiro atoms. The van der Waals surface area contributed by atoms with Crippen LogP contribution in [0, 0.1) is 0 Å². The summed E-state index contributed by atoms with van der Waals surface area (Å²) >= 11 is 0. The number of nitrogens with zero attached hydrogens (tertiary/aromatic N) is 1. The minimum Gasteiger partial charge on any atom is -0.481 e. The van der Waals surface area contributed by atoms with Crippen molar-refractivity contribution in [3.8, 4) is 0 Å². The van der Waals surface area contributed by atoms with Crippen LogP contribution in [0.25, 0.3) is 0 Å². The number of urea groups is 1. The average Bonchev–Trinajstić information content (AvgIpc) is 2.28. The summed E-state index contributed by atoms with van der Waals surface area (Å²) in [6.07, 6.45) is 2.56. The van der Waals surface area contributed by atoms with E-state index < -0.39 is 11.9 Å². The van der Waals surface area contributed by atoms with Gasteiger partial charge in [0.15, 0.2) is 0 Å². The van der Waals surface area contributed by atoms with E-state index in [-0.39, 0.29) is 31.5 Å². The van der Waals surface area contributed by atoms with Gasteiger partial charge in [0.25, 0.3) is 0 Å². The van der Waals surface area contributed by atoms with Crippen molar-refractivity contribution in [3.05, 3.63) is 0 Å². The van der Waals surface area contributed by atoms with Crippen LogP contribution in [-0.2, 0) is 9.59 Å². The van der Waals surface area contributed by atoms with E-state index in [0.717, 1.165) is 12.8 Å². The molecule has 1 heterocycles. The Hall–Kier alpha value is -1.79. The third kappa shape index (κ3) is 4.60. The lowest BCUT2D eigenvalue weighted by Gasteiger charge is -2.34. The van der Waals surface area contributed by atoms with Crippen LogP contribution in [0.15, 0.2) is 0 Å². The third-order valence-corrected chi connectivity index (χ3v) is 2.95. The summed E-state index contributed by atoms with van der Waals surface area (Å²) in [6.45, 7) is 0.741. The molecule has 0 aromatic rings. The topological polar surface area (TPSA) is 113 Å². The van der Waals surface area contributed by atoms with Crippen LogP contribution >= 0.6 is 0 Å². The van der Waals surface area contributed by atoms with Gasteiger partial charge in [0, 0.05) is 25.6 Å². The first-order valence-corrected chi connectivity index (χ1v) is 6.05. The van der Waals surface area contributed by atoms with Gasteiger partial charge in [-0.15, -0.1) is 0 Å². The van der Waals surface area contributed by atoms with Crippen molar-refractivity contribution >= 4 is 17.9 Å². The molecule has 4 N–H and O–H groups in total. The summed E-state index contributed by atoms with van der Waals surface area (Å²) in [7, 11) is 0.